The molecule has 0 heterocycles. The Balaban J connectivity index is 1.70. The molecule has 0 saturated heterocycles. The summed E-state index contributed by atoms with van der Waals surface area (Å²) in [7, 11) is 0. The van der Waals surface area contributed by atoms with Gasteiger partial charge in [0.25, 0.3) is 0 Å². The van der Waals surface area contributed by atoms with E-state index in [1.165, 1.54) is 31.3 Å². The van der Waals surface area contributed by atoms with Gasteiger partial charge >= 0.3 is 0 Å². The first-order chi connectivity index (χ1) is 11.9. The number of allylic oxidation sites excluding steroid dienone is 2. The van der Waals surface area contributed by atoms with Crippen molar-refractivity contribution >= 4 is 11.6 Å². The topological polar surface area (TPSA) is 34.1 Å². The van der Waals surface area contributed by atoms with Gasteiger partial charge in [-0.3, -0.25) is 9.59 Å². The van der Waals surface area contributed by atoms with Crippen molar-refractivity contribution in [1.82, 2.24) is 0 Å². The standard InChI is InChI=1S/C23H32O2/c1-4-11-23-13-10-20-18(21(23)8-7-19(23)15(2)24)6-5-16-14-17(25)9-12-22(16,20)3/h4,14,18-21H,1,5-13H2,2-3H3/t18-,19-,20+,21+,22+,23+/m1/s1. The fourth-order valence-electron chi connectivity index (χ4n) is 7.64. The molecule has 4 rings (SSSR count). The Hall–Kier alpha value is -1.18. The van der Waals surface area contributed by atoms with E-state index in [9.17, 15) is 9.59 Å². The summed E-state index contributed by atoms with van der Waals surface area (Å²) in [6, 6.07) is 0. The van der Waals surface area contributed by atoms with Crippen LogP contribution >= 0.6 is 0 Å². The van der Waals surface area contributed by atoms with Gasteiger partial charge in [-0.1, -0.05) is 18.6 Å². The molecule has 4 aliphatic carbocycles. The van der Waals surface area contributed by atoms with E-state index >= 15 is 0 Å². The van der Waals surface area contributed by atoms with Gasteiger partial charge < -0.3 is 0 Å². The van der Waals surface area contributed by atoms with Crippen LogP contribution in [-0.2, 0) is 9.59 Å². The number of Topliss-reactive ketones (excluding diaryl/α,β-unsaturated/α-hetero) is 1. The molecule has 0 bridgehead atoms. The number of rotatable bonds is 3. The zero-order valence-electron chi connectivity index (χ0n) is 15.9. The lowest BCUT2D eigenvalue weighted by molar-refractivity contribution is -0.129. The van der Waals surface area contributed by atoms with Crippen molar-refractivity contribution in [1.29, 1.82) is 0 Å². The third kappa shape index (κ3) is 2.35. The maximum Gasteiger partial charge on any atom is 0.155 e. The van der Waals surface area contributed by atoms with Crippen LogP contribution in [0.4, 0.5) is 0 Å². The van der Waals surface area contributed by atoms with Gasteiger partial charge in [0.2, 0.25) is 0 Å². The van der Waals surface area contributed by atoms with E-state index in [0.717, 1.165) is 38.0 Å². The molecule has 3 fully saturated rings. The molecule has 0 aromatic rings. The molecule has 136 valence electrons. The van der Waals surface area contributed by atoms with Crippen molar-refractivity contribution < 1.29 is 9.59 Å². The molecule has 2 heteroatoms. The van der Waals surface area contributed by atoms with E-state index in [2.05, 4.69) is 19.6 Å². The number of fused-ring (bicyclic) bond motifs is 5. The SMILES string of the molecule is C=CC[C@@]12CC[C@H]3[C@@H](CCC4=CC(=O)CC[C@@]43C)[C@@H]1CC[C@@H]2C(C)=O. The Morgan fingerprint density at radius 1 is 1.20 bits per heavy atom. The molecule has 4 aliphatic rings. The minimum Gasteiger partial charge on any atom is -0.300 e. The predicted octanol–water partition coefficient (Wildman–Crippen LogP) is 5.28. The lowest BCUT2D eigenvalue weighted by atomic mass is 9.46. The van der Waals surface area contributed by atoms with Crippen molar-refractivity contribution in [3.8, 4) is 0 Å². The largest absolute Gasteiger partial charge is 0.300 e. The van der Waals surface area contributed by atoms with Gasteiger partial charge in [0, 0.05) is 12.3 Å². The van der Waals surface area contributed by atoms with Crippen molar-refractivity contribution in [2.75, 3.05) is 0 Å². The van der Waals surface area contributed by atoms with Gasteiger partial charge in [0.1, 0.15) is 5.78 Å². The van der Waals surface area contributed by atoms with Crippen molar-refractivity contribution in [2.24, 2.45) is 34.5 Å². The number of hydrogen-bond acceptors (Lipinski definition) is 2. The van der Waals surface area contributed by atoms with Crippen LogP contribution in [0.1, 0.15) is 71.6 Å². The minimum absolute atomic E-state index is 0.177. The molecule has 3 saturated carbocycles. The summed E-state index contributed by atoms with van der Waals surface area (Å²) in [6.07, 6.45) is 13.8. The first-order valence-electron chi connectivity index (χ1n) is 10.3. The molecule has 0 amide bonds. The molecule has 6 atom stereocenters. The lowest BCUT2D eigenvalue weighted by Crippen LogP contribution is -2.51. The van der Waals surface area contributed by atoms with Crippen LogP contribution < -0.4 is 0 Å². The van der Waals surface area contributed by atoms with Gasteiger partial charge in [0.05, 0.1) is 0 Å². The highest BCUT2D eigenvalue weighted by molar-refractivity contribution is 5.91. The molecular weight excluding hydrogens is 308 g/mol. The monoisotopic (exact) mass is 340 g/mol. The Morgan fingerprint density at radius 3 is 2.72 bits per heavy atom. The molecule has 2 nitrogen and oxygen atoms in total. The Kier molecular flexibility index (Phi) is 4.09. The molecule has 0 aromatic carbocycles. The summed E-state index contributed by atoms with van der Waals surface area (Å²) in [5.74, 6) is 3.08. The summed E-state index contributed by atoms with van der Waals surface area (Å²) in [6.45, 7) is 8.27. The number of carbonyl (C=O) groups is 2. The minimum atomic E-state index is 0.177. The molecule has 0 aromatic heterocycles. The van der Waals surface area contributed by atoms with Gasteiger partial charge in [0.15, 0.2) is 5.78 Å². The second-order valence-electron chi connectivity index (χ2n) is 9.47. The molecule has 0 aliphatic heterocycles. The summed E-state index contributed by atoms with van der Waals surface area (Å²) in [4.78, 5) is 24.3. The quantitative estimate of drug-likeness (QED) is 0.655. The predicted molar refractivity (Wildman–Crippen MR) is 100 cm³/mol. The van der Waals surface area contributed by atoms with E-state index < -0.39 is 0 Å². The van der Waals surface area contributed by atoms with Crippen LogP contribution in [0.2, 0.25) is 0 Å². The molecular formula is C23H32O2. The van der Waals surface area contributed by atoms with E-state index in [-0.39, 0.29) is 16.7 Å². The van der Waals surface area contributed by atoms with Crippen LogP contribution in [0.25, 0.3) is 0 Å². The molecule has 0 unspecified atom stereocenters. The second kappa shape index (κ2) is 5.93. The number of hydrogen-bond donors (Lipinski definition) is 0. The third-order valence-electron chi connectivity index (χ3n) is 8.69. The second-order valence-corrected chi connectivity index (χ2v) is 9.47. The number of carbonyl (C=O) groups excluding carboxylic acids is 2. The Bertz CT molecular complexity index is 644. The van der Waals surface area contributed by atoms with E-state index in [0.29, 0.717) is 23.4 Å². The zero-order valence-corrected chi connectivity index (χ0v) is 15.9. The smallest absolute Gasteiger partial charge is 0.155 e. The molecule has 0 radical (unpaired) electrons. The first kappa shape index (κ1) is 17.2. The maximum atomic E-state index is 12.4. The van der Waals surface area contributed by atoms with Crippen molar-refractivity contribution in [3.05, 3.63) is 24.3 Å². The Labute approximate surface area is 152 Å². The van der Waals surface area contributed by atoms with Crippen molar-refractivity contribution in [3.63, 3.8) is 0 Å². The van der Waals surface area contributed by atoms with Crippen LogP contribution in [0, 0.1) is 34.5 Å². The van der Waals surface area contributed by atoms with Crippen LogP contribution in [0.3, 0.4) is 0 Å². The van der Waals surface area contributed by atoms with Crippen LogP contribution in [0.5, 0.6) is 0 Å². The average Bonchev–Trinajstić information content (AvgIpc) is 2.95. The maximum absolute atomic E-state index is 12.4. The van der Waals surface area contributed by atoms with Gasteiger partial charge in [-0.2, -0.15) is 0 Å². The summed E-state index contributed by atoms with van der Waals surface area (Å²) < 4.78 is 0. The molecule has 0 spiro atoms. The first-order valence-corrected chi connectivity index (χ1v) is 10.3. The van der Waals surface area contributed by atoms with Crippen molar-refractivity contribution in [2.45, 2.75) is 71.6 Å². The van der Waals surface area contributed by atoms with E-state index in [1.807, 2.05) is 6.08 Å². The summed E-state index contributed by atoms with van der Waals surface area (Å²) in [5.41, 5.74) is 1.84. The fraction of sp³-hybridized carbons (Fsp3) is 0.739. The molecule has 0 N–H and O–H groups in total. The normalized spacial score (nSPS) is 45.8. The lowest BCUT2D eigenvalue weighted by Gasteiger charge is -2.58. The highest BCUT2D eigenvalue weighted by Gasteiger charge is 2.60. The average molecular weight is 341 g/mol. The number of ketones is 2. The zero-order chi connectivity index (χ0) is 17.8. The van der Waals surface area contributed by atoms with Gasteiger partial charge in [-0.05, 0) is 93.0 Å². The summed E-state index contributed by atoms with van der Waals surface area (Å²) >= 11 is 0. The Morgan fingerprint density at radius 2 is 2.00 bits per heavy atom. The highest BCUT2D eigenvalue weighted by atomic mass is 16.1. The molecule has 25 heavy (non-hydrogen) atoms. The van der Waals surface area contributed by atoms with E-state index in [4.69, 9.17) is 0 Å². The van der Waals surface area contributed by atoms with Crippen LogP contribution in [-0.4, -0.2) is 11.6 Å². The third-order valence-corrected chi connectivity index (χ3v) is 8.69. The highest BCUT2D eigenvalue weighted by Crippen LogP contribution is 2.67. The fourth-order valence-corrected chi connectivity index (χ4v) is 7.64. The summed E-state index contributed by atoms with van der Waals surface area (Å²) in [5, 5.41) is 0. The van der Waals surface area contributed by atoms with Crippen LogP contribution in [0.15, 0.2) is 24.3 Å². The van der Waals surface area contributed by atoms with Gasteiger partial charge in [-0.15, -0.1) is 6.58 Å². The van der Waals surface area contributed by atoms with Gasteiger partial charge in [-0.25, -0.2) is 0 Å². The van der Waals surface area contributed by atoms with E-state index in [1.54, 1.807) is 6.92 Å².